The fraction of sp³-hybridized carbons (Fsp3) is 0.429. The Morgan fingerprint density at radius 1 is 1.33 bits per heavy atom. The molecule has 0 aromatic heterocycles. The molecule has 0 bridgehead atoms. The van der Waals surface area contributed by atoms with E-state index in [1.165, 1.54) is 22.2 Å². The van der Waals surface area contributed by atoms with Crippen molar-refractivity contribution < 1.29 is 0 Å². The number of hydrogen-bond acceptors (Lipinski definition) is 2. The van der Waals surface area contributed by atoms with Crippen LogP contribution in [0.1, 0.15) is 6.42 Å². The first kappa shape index (κ1) is 7.29. The summed E-state index contributed by atoms with van der Waals surface area (Å²) in [6.07, 6.45) is 5.30. The standard InChI is InChI=1S/C7H10S2/c1-2-4-7-8-5-3-6-9-7/h2,4H,1,3,5-6H2. The van der Waals surface area contributed by atoms with Crippen LogP contribution >= 0.6 is 23.5 Å². The van der Waals surface area contributed by atoms with Crippen LogP contribution in [0.4, 0.5) is 0 Å². The van der Waals surface area contributed by atoms with Crippen molar-refractivity contribution in [2.45, 2.75) is 6.42 Å². The molecule has 0 atom stereocenters. The molecule has 0 amide bonds. The average Bonchev–Trinajstić information content (AvgIpc) is 1.91. The molecule has 1 aliphatic heterocycles. The van der Waals surface area contributed by atoms with Gasteiger partial charge < -0.3 is 0 Å². The van der Waals surface area contributed by atoms with E-state index < -0.39 is 0 Å². The zero-order valence-corrected chi connectivity index (χ0v) is 6.93. The highest BCUT2D eigenvalue weighted by atomic mass is 32.2. The normalized spacial score (nSPS) is 19.3. The average molecular weight is 158 g/mol. The molecule has 1 aliphatic rings. The zero-order chi connectivity index (χ0) is 6.53. The Balaban J connectivity index is 2.39. The third kappa shape index (κ3) is 2.50. The van der Waals surface area contributed by atoms with Crippen molar-refractivity contribution in [3.63, 3.8) is 0 Å². The molecule has 50 valence electrons. The van der Waals surface area contributed by atoms with E-state index in [4.69, 9.17) is 0 Å². The molecular formula is C7H10S2. The van der Waals surface area contributed by atoms with Gasteiger partial charge in [-0.15, -0.1) is 23.5 Å². The molecule has 0 unspecified atom stereocenters. The van der Waals surface area contributed by atoms with Gasteiger partial charge in [-0.25, -0.2) is 0 Å². The van der Waals surface area contributed by atoms with Crippen molar-refractivity contribution in [2.24, 2.45) is 0 Å². The second-order valence-electron chi connectivity index (χ2n) is 1.77. The Labute approximate surface area is 64.8 Å². The molecule has 9 heavy (non-hydrogen) atoms. The van der Waals surface area contributed by atoms with Gasteiger partial charge in [0.1, 0.15) is 0 Å². The monoisotopic (exact) mass is 158 g/mol. The maximum Gasteiger partial charge on any atom is 0.0400 e. The van der Waals surface area contributed by atoms with E-state index >= 15 is 0 Å². The molecule has 0 aromatic rings. The molecule has 0 nitrogen and oxygen atoms in total. The van der Waals surface area contributed by atoms with E-state index in [9.17, 15) is 0 Å². The van der Waals surface area contributed by atoms with Crippen molar-refractivity contribution in [3.8, 4) is 0 Å². The predicted molar refractivity (Wildman–Crippen MR) is 47.8 cm³/mol. The van der Waals surface area contributed by atoms with Gasteiger partial charge in [-0.05, 0) is 24.0 Å². The largest absolute Gasteiger partial charge is 0.119 e. The molecule has 0 aliphatic carbocycles. The van der Waals surface area contributed by atoms with Crippen LogP contribution < -0.4 is 0 Å². The molecular weight excluding hydrogens is 148 g/mol. The van der Waals surface area contributed by atoms with E-state index in [0.717, 1.165) is 0 Å². The van der Waals surface area contributed by atoms with Gasteiger partial charge in [0.05, 0.1) is 0 Å². The second kappa shape index (κ2) is 4.07. The van der Waals surface area contributed by atoms with Crippen LogP contribution in [0.25, 0.3) is 0 Å². The molecule has 1 heterocycles. The van der Waals surface area contributed by atoms with Gasteiger partial charge in [0.2, 0.25) is 0 Å². The Kier molecular flexibility index (Phi) is 3.30. The SMILES string of the molecule is C=CC=C1SCCCS1. The van der Waals surface area contributed by atoms with Crippen molar-refractivity contribution in [1.82, 2.24) is 0 Å². The second-order valence-corrected chi connectivity index (χ2v) is 4.30. The fourth-order valence-electron chi connectivity index (χ4n) is 0.639. The first-order valence-electron chi connectivity index (χ1n) is 3.02. The molecule has 1 rings (SSSR count). The molecule has 0 N–H and O–H groups in total. The van der Waals surface area contributed by atoms with Crippen LogP contribution in [0.5, 0.6) is 0 Å². The van der Waals surface area contributed by atoms with Crippen molar-refractivity contribution in [1.29, 1.82) is 0 Å². The Bertz CT molecular complexity index is 119. The van der Waals surface area contributed by atoms with Crippen LogP contribution in [0.2, 0.25) is 0 Å². The van der Waals surface area contributed by atoms with Gasteiger partial charge in [-0.3, -0.25) is 0 Å². The minimum Gasteiger partial charge on any atom is -0.119 e. The van der Waals surface area contributed by atoms with Crippen LogP contribution in [0.3, 0.4) is 0 Å². The highest BCUT2D eigenvalue weighted by molar-refractivity contribution is 8.22. The van der Waals surface area contributed by atoms with Crippen LogP contribution in [0.15, 0.2) is 23.0 Å². The van der Waals surface area contributed by atoms with E-state index in [-0.39, 0.29) is 0 Å². The van der Waals surface area contributed by atoms with Gasteiger partial charge in [0.15, 0.2) is 0 Å². The third-order valence-corrected chi connectivity index (χ3v) is 3.57. The van der Waals surface area contributed by atoms with Crippen molar-refractivity contribution in [2.75, 3.05) is 11.5 Å². The smallest absolute Gasteiger partial charge is 0.0400 e. The Morgan fingerprint density at radius 2 is 2.00 bits per heavy atom. The molecule has 0 saturated carbocycles. The summed E-state index contributed by atoms with van der Waals surface area (Å²) in [5.41, 5.74) is 0. The van der Waals surface area contributed by atoms with Gasteiger partial charge in [-0.1, -0.05) is 12.7 Å². The molecule has 0 spiro atoms. The zero-order valence-electron chi connectivity index (χ0n) is 5.30. The minimum atomic E-state index is 1.28. The van der Waals surface area contributed by atoms with E-state index in [2.05, 4.69) is 12.7 Å². The maximum atomic E-state index is 3.65. The third-order valence-electron chi connectivity index (χ3n) is 1.03. The highest BCUT2D eigenvalue weighted by Crippen LogP contribution is 2.34. The summed E-state index contributed by atoms with van der Waals surface area (Å²) in [7, 11) is 0. The van der Waals surface area contributed by atoms with E-state index in [0.29, 0.717) is 0 Å². The fourth-order valence-corrected chi connectivity index (χ4v) is 3.02. The van der Waals surface area contributed by atoms with Gasteiger partial charge in [0, 0.05) is 4.24 Å². The minimum absolute atomic E-state index is 1.28. The van der Waals surface area contributed by atoms with Gasteiger partial charge in [-0.2, -0.15) is 0 Å². The Morgan fingerprint density at radius 3 is 2.56 bits per heavy atom. The molecule has 1 saturated heterocycles. The lowest BCUT2D eigenvalue weighted by atomic mass is 10.6. The lowest BCUT2D eigenvalue weighted by Gasteiger charge is -2.10. The highest BCUT2D eigenvalue weighted by Gasteiger charge is 2.03. The summed E-state index contributed by atoms with van der Waals surface area (Å²) >= 11 is 3.88. The quantitative estimate of drug-likeness (QED) is 0.575. The maximum absolute atomic E-state index is 3.65. The predicted octanol–water partition coefficient (Wildman–Crippen LogP) is 2.88. The lowest BCUT2D eigenvalue weighted by molar-refractivity contribution is 1.12. The van der Waals surface area contributed by atoms with Crippen LogP contribution in [-0.2, 0) is 0 Å². The topological polar surface area (TPSA) is 0 Å². The number of hydrogen-bond donors (Lipinski definition) is 0. The molecule has 0 aromatic carbocycles. The van der Waals surface area contributed by atoms with Crippen molar-refractivity contribution in [3.05, 3.63) is 23.0 Å². The van der Waals surface area contributed by atoms with E-state index in [1.54, 1.807) is 0 Å². The summed E-state index contributed by atoms with van der Waals surface area (Å²) in [6.45, 7) is 3.65. The summed E-state index contributed by atoms with van der Waals surface area (Å²) < 4.78 is 1.43. The van der Waals surface area contributed by atoms with Gasteiger partial charge in [0.25, 0.3) is 0 Å². The molecule has 1 fully saturated rings. The first-order valence-corrected chi connectivity index (χ1v) is 4.99. The lowest BCUT2D eigenvalue weighted by Crippen LogP contribution is -1.90. The molecule has 2 heteroatoms. The Hall–Kier alpha value is 0.180. The van der Waals surface area contributed by atoms with Crippen LogP contribution in [0, 0.1) is 0 Å². The summed E-state index contributed by atoms with van der Waals surface area (Å²) in [5.74, 6) is 2.57. The number of rotatable bonds is 1. The van der Waals surface area contributed by atoms with Gasteiger partial charge >= 0.3 is 0 Å². The number of thioether (sulfide) groups is 2. The van der Waals surface area contributed by atoms with E-state index in [1.807, 2.05) is 29.6 Å². The summed E-state index contributed by atoms with van der Waals surface area (Å²) in [4.78, 5) is 0. The molecule has 0 radical (unpaired) electrons. The summed E-state index contributed by atoms with van der Waals surface area (Å²) in [6, 6.07) is 0. The summed E-state index contributed by atoms with van der Waals surface area (Å²) in [5, 5.41) is 0. The van der Waals surface area contributed by atoms with Crippen molar-refractivity contribution >= 4 is 23.5 Å². The first-order chi connectivity index (χ1) is 4.43. The van der Waals surface area contributed by atoms with Crippen LogP contribution in [-0.4, -0.2) is 11.5 Å². The number of allylic oxidation sites excluding steroid dienone is 2.